The Morgan fingerprint density at radius 1 is 1.37 bits per heavy atom. The van der Waals surface area contributed by atoms with Crippen molar-refractivity contribution >= 4 is 23.6 Å². The van der Waals surface area contributed by atoms with Crippen molar-refractivity contribution < 1.29 is 14.3 Å². The van der Waals surface area contributed by atoms with Gasteiger partial charge in [-0.05, 0) is 43.0 Å². The average molecular weight is 286 g/mol. The average Bonchev–Trinajstić information content (AvgIpc) is 2.40. The topological polar surface area (TPSA) is 49.3 Å². The van der Waals surface area contributed by atoms with Gasteiger partial charge in [0, 0.05) is 19.2 Å². The summed E-state index contributed by atoms with van der Waals surface area (Å²) in [5, 5.41) is 11.3. The van der Waals surface area contributed by atoms with Crippen molar-refractivity contribution in [3.05, 3.63) is 40.7 Å². The van der Waals surface area contributed by atoms with Crippen molar-refractivity contribution in [1.29, 1.82) is 0 Å². The molecule has 2 N–H and O–H groups in total. The van der Waals surface area contributed by atoms with E-state index in [9.17, 15) is 9.18 Å². The van der Waals surface area contributed by atoms with Crippen LogP contribution in [0.15, 0.2) is 24.3 Å². The van der Waals surface area contributed by atoms with Crippen LogP contribution in [0.5, 0.6) is 0 Å². The number of unbranched alkanes of at least 4 members (excludes halogenated alkanes) is 2. The van der Waals surface area contributed by atoms with Crippen molar-refractivity contribution in [2.45, 2.75) is 19.3 Å². The van der Waals surface area contributed by atoms with E-state index in [1.54, 1.807) is 12.1 Å². The Morgan fingerprint density at radius 3 is 2.84 bits per heavy atom. The summed E-state index contributed by atoms with van der Waals surface area (Å²) in [6, 6.07) is 4.27. The van der Waals surface area contributed by atoms with Crippen LogP contribution in [-0.2, 0) is 4.79 Å². The summed E-state index contributed by atoms with van der Waals surface area (Å²) in [5.74, 6) is -0.684. The zero-order valence-electron chi connectivity index (χ0n) is 10.5. The summed E-state index contributed by atoms with van der Waals surface area (Å²) in [4.78, 5) is 11.4. The molecule has 1 aromatic rings. The van der Waals surface area contributed by atoms with Crippen LogP contribution in [0.1, 0.15) is 24.8 Å². The fraction of sp³-hybridized carbons (Fsp3) is 0.357. The van der Waals surface area contributed by atoms with Gasteiger partial charge in [-0.25, -0.2) is 4.39 Å². The Kier molecular flexibility index (Phi) is 7.15. The van der Waals surface area contributed by atoms with E-state index in [0.29, 0.717) is 12.1 Å². The fourth-order valence-electron chi connectivity index (χ4n) is 1.47. The van der Waals surface area contributed by atoms with Crippen LogP contribution in [0.2, 0.25) is 5.02 Å². The standard InChI is InChI=1S/C14H17ClFNO2/c15-12-10-11(4-6-13(12)16)5-7-14(19)17-8-2-1-3-9-18/h4-7,10,18H,1-3,8-9H2,(H,17,19)/b7-5+. The molecule has 0 radical (unpaired) electrons. The number of rotatable bonds is 7. The first-order valence-corrected chi connectivity index (χ1v) is 6.53. The SMILES string of the molecule is O=C(/C=C/c1ccc(F)c(Cl)c1)NCCCCCO. The molecule has 0 aromatic heterocycles. The molecule has 1 aromatic carbocycles. The number of carbonyl (C=O) groups excluding carboxylic acids is 1. The van der Waals surface area contributed by atoms with Crippen molar-refractivity contribution in [2.75, 3.05) is 13.2 Å². The third kappa shape index (κ3) is 6.36. The Morgan fingerprint density at radius 2 is 2.16 bits per heavy atom. The van der Waals surface area contributed by atoms with E-state index in [1.807, 2.05) is 0 Å². The van der Waals surface area contributed by atoms with E-state index in [-0.39, 0.29) is 17.5 Å². The molecule has 0 aliphatic carbocycles. The van der Waals surface area contributed by atoms with Gasteiger partial charge < -0.3 is 10.4 Å². The maximum absolute atomic E-state index is 12.9. The first-order valence-electron chi connectivity index (χ1n) is 6.15. The molecule has 0 bridgehead atoms. The molecule has 0 fully saturated rings. The van der Waals surface area contributed by atoms with Gasteiger partial charge in [-0.15, -0.1) is 0 Å². The minimum Gasteiger partial charge on any atom is -0.396 e. The Bertz CT molecular complexity index is 449. The van der Waals surface area contributed by atoms with Gasteiger partial charge in [0.25, 0.3) is 0 Å². The highest BCUT2D eigenvalue weighted by molar-refractivity contribution is 6.30. The molecule has 3 nitrogen and oxygen atoms in total. The number of hydrogen-bond donors (Lipinski definition) is 2. The van der Waals surface area contributed by atoms with Gasteiger partial charge >= 0.3 is 0 Å². The van der Waals surface area contributed by atoms with Gasteiger partial charge in [0.2, 0.25) is 5.91 Å². The van der Waals surface area contributed by atoms with E-state index < -0.39 is 5.82 Å². The molecule has 19 heavy (non-hydrogen) atoms. The highest BCUT2D eigenvalue weighted by atomic mass is 35.5. The smallest absolute Gasteiger partial charge is 0.243 e. The number of carbonyl (C=O) groups is 1. The molecule has 0 spiro atoms. The number of benzene rings is 1. The van der Waals surface area contributed by atoms with Gasteiger partial charge in [-0.1, -0.05) is 17.7 Å². The third-order valence-electron chi connectivity index (χ3n) is 2.50. The number of hydrogen-bond acceptors (Lipinski definition) is 2. The van der Waals surface area contributed by atoms with Crippen LogP contribution in [0.3, 0.4) is 0 Å². The lowest BCUT2D eigenvalue weighted by Gasteiger charge is -2.01. The first kappa shape index (κ1) is 15.7. The second-order valence-corrected chi connectivity index (χ2v) is 4.49. The summed E-state index contributed by atoms with van der Waals surface area (Å²) < 4.78 is 12.9. The Labute approximate surface area is 117 Å². The van der Waals surface area contributed by atoms with Gasteiger partial charge in [0.05, 0.1) is 5.02 Å². The molecule has 1 amide bonds. The molecule has 0 atom stereocenters. The number of aliphatic hydroxyl groups is 1. The normalized spacial score (nSPS) is 10.9. The number of halogens is 2. The maximum atomic E-state index is 12.9. The van der Waals surface area contributed by atoms with Gasteiger partial charge in [-0.2, -0.15) is 0 Å². The Balaban J connectivity index is 2.34. The van der Waals surface area contributed by atoms with Crippen molar-refractivity contribution in [3.8, 4) is 0 Å². The number of aliphatic hydroxyl groups excluding tert-OH is 1. The van der Waals surface area contributed by atoms with Crippen LogP contribution in [0, 0.1) is 5.82 Å². The molecule has 0 aliphatic heterocycles. The van der Waals surface area contributed by atoms with Crippen molar-refractivity contribution in [1.82, 2.24) is 5.32 Å². The van der Waals surface area contributed by atoms with Gasteiger partial charge in [0.15, 0.2) is 0 Å². The highest BCUT2D eigenvalue weighted by Crippen LogP contribution is 2.16. The maximum Gasteiger partial charge on any atom is 0.243 e. The Hall–Kier alpha value is -1.39. The summed E-state index contributed by atoms with van der Waals surface area (Å²) in [6.45, 7) is 0.756. The minimum atomic E-state index is -0.479. The van der Waals surface area contributed by atoms with Gasteiger partial charge in [0.1, 0.15) is 5.82 Å². The molecular weight excluding hydrogens is 269 g/mol. The molecule has 0 heterocycles. The summed E-state index contributed by atoms with van der Waals surface area (Å²) >= 11 is 5.63. The summed E-state index contributed by atoms with van der Waals surface area (Å²) in [7, 11) is 0. The zero-order valence-corrected chi connectivity index (χ0v) is 11.3. The lowest BCUT2D eigenvalue weighted by Crippen LogP contribution is -2.22. The highest BCUT2D eigenvalue weighted by Gasteiger charge is 1.99. The van der Waals surface area contributed by atoms with E-state index in [0.717, 1.165) is 19.3 Å². The predicted molar refractivity (Wildman–Crippen MR) is 74.4 cm³/mol. The quantitative estimate of drug-likeness (QED) is 0.598. The summed E-state index contributed by atoms with van der Waals surface area (Å²) in [6.07, 6.45) is 5.43. The van der Waals surface area contributed by atoms with Crippen LogP contribution < -0.4 is 5.32 Å². The summed E-state index contributed by atoms with van der Waals surface area (Å²) in [5.41, 5.74) is 0.668. The molecule has 0 saturated heterocycles. The van der Waals surface area contributed by atoms with Crippen molar-refractivity contribution in [2.24, 2.45) is 0 Å². The molecule has 5 heteroatoms. The van der Waals surface area contributed by atoms with Crippen LogP contribution in [0.4, 0.5) is 4.39 Å². The third-order valence-corrected chi connectivity index (χ3v) is 2.79. The van der Waals surface area contributed by atoms with Crippen molar-refractivity contribution in [3.63, 3.8) is 0 Å². The fourth-order valence-corrected chi connectivity index (χ4v) is 1.66. The van der Waals surface area contributed by atoms with E-state index >= 15 is 0 Å². The van der Waals surface area contributed by atoms with E-state index in [1.165, 1.54) is 18.2 Å². The van der Waals surface area contributed by atoms with E-state index in [2.05, 4.69) is 5.32 Å². The molecule has 0 aliphatic rings. The molecule has 0 unspecified atom stereocenters. The number of nitrogens with one attached hydrogen (secondary N) is 1. The molecule has 0 saturated carbocycles. The van der Waals surface area contributed by atoms with E-state index in [4.69, 9.17) is 16.7 Å². The molecule has 1 rings (SSSR count). The second kappa shape index (κ2) is 8.67. The second-order valence-electron chi connectivity index (χ2n) is 4.08. The zero-order chi connectivity index (χ0) is 14.1. The van der Waals surface area contributed by atoms with Gasteiger partial charge in [-0.3, -0.25) is 4.79 Å². The molecular formula is C14H17ClFNO2. The number of amides is 1. The lowest BCUT2D eigenvalue weighted by molar-refractivity contribution is -0.116. The van der Waals surface area contributed by atoms with Crippen LogP contribution in [-0.4, -0.2) is 24.2 Å². The monoisotopic (exact) mass is 285 g/mol. The van der Waals surface area contributed by atoms with Crippen LogP contribution in [0.25, 0.3) is 6.08 Å². The minimum absolute atomic E-state index is 0.0339. The molecule has 104 valence electrons. The first-order chi connectivity index (χ1) is 9.13. The van der Waals surface area contributed by atoms with Crippen LogP contribution >= 0.6 is 11.6 Å². The lowest BCUT2D eigenvalue weighted by atomic mass is 10.2. The predicted octanol–water partition coefficient (Wildman–Crippen LogP) is 2.77. The largest absolute Gasteiger partial charge is 0.396 e.